The molecule has 1 fully saturated rings. The molecule has 0 spiro atoms. The Morgan fingerprint density at radius 1 is 1.13 bits per heavy atom. The van der Waals surface area contributed by atoms with Crippen molar-refractivity contribution in [2.75, 3.05) is 18.5 Å². The fourth-order valence-electron chi connectivity index (χ4n) is 3.25. The number of carbonyl (C=O) groups excluding carboxylic acids is 2. The van der Waals surface area contributed by atoms with Gasteiger partial charge in [-0.3, -0.25) is 9.59 Å². The van der Waals surface area contributed by atoms with Gasteiger partial charge in [-0.15, -0.1) is 0 Å². The number of anilines is 1. The fraction of sp³-hybridized carbons (Fsp3) is 0.529. The SMILES string of the molecule is CC(=O)NC(C(=O)Nc1ccc2c(c1)OCCO2)C1CCCC1. The molecule has 6 nitrogen and oxygen atoms in total. The van der Waals surface area contributed by atoms with Gasteiger partial charge >= 0.3 is 0 Å². The molecule has 1 aromatic rings. The van der Waals surface area contributed by atoms with Gasteiger partial charge in [0, 0.05) is 18.7 Å². The second kappa shape index (κ2) is 6.89. The lowest BCUT2D eigenvalue weighted by Gasteiger charge is -2.24. The molecule has 6 heteroatoms. The topological polar surface area (TPSA) is 76.7 Å². The largest absolute Gasteiger partial charge is 0.486 e. The van der Waals surface area contributed by atoms with Gasteiger partial charge in [0.05, 0.1) is 0 Å². The molecular formula is C17H22N2O4. The molecule has 1 aliphatic carbocycles. The summed E-state index contributed by atoms with van der Waals surface area (Å²) in [6.45, 7) is 2.48. The monoisotopic (exact) mass is 318 g/mol. The summed E-state index contributed by atoms with van der Waals surface area (Å²) in [5.74, 6) is 1.16. The Morgan fingerprint density at radius 2 is 1.83 bits per heavy atom. The first kappa shape index (κ1) is 15.6. The molecule has 0 bridgehead atoms. The molecule has 2 amide bonds. The number of carbonyl (C=O) groups is 2. The van der Waals surface area contributed by atoms with Crippen LogP contribution in [0.4, 0.5) is 5.69 Å². The zero-order valence-corrected chi connectivity index (χ0v) is 13.3. The van der Waals surface area contributed by atoms with Crippen LogP contribution in [-0.4, -0.2) is 31.1 Å². The van der Waals surface area contributed by atoms with Crippen LogP contribution < -0.4 is 20.1 Å². The molecule has 1 heterocycles. The highest BCUT2D eigenvalue weighted by molar-refractivity contribution is 5.97. The van der Waals surface area contributed by atoms with Crippen molar-refractivity contribution in [1.29, 1.82) is 0 Å². The molecule has 1 aromatic carbocycles. The van der Waals surface area contributed by atoms with Crippen LogP contribution in [0.1, 0.15) is 32.6 Å². The van der Waals surface area contributed by atoms with E-state index in [1.165, 1.54) is 6.92 Å². The van der Waals surface area contributed by atoms with Crippen molar-refractivity contribution < 1.29 is 19.1 Å². The normalized spacial score (nSPS) is 18.3. The average Bonchev–Trinajstić information content (AvgIpc) is 3.06. The van der Waals surface area contributed by atoms with Gasteiger partial charge in [0.2, 0.25) is 11.8 Å². The maximum Gasteiger partial charge on any atom is 0.247 e. The number of hydrogen-bond acceptors (Lipinski definition) is 4. The van der Waals surface area contributed by atoms with E-state index in [9.17, 15) is 9.59 Å². The summed E-state index contributed by atoms with van der Waals surface area (Å²) < 4.78 is 11.0. The van der Waals surface area contributed by atoms with Crippen molar-refractivity contribution in [2.24, 2.45) is 5.92 Å². The minimum Gasteiger partial charge on any atom is -0.486 e. The number of nitrogens with one attached hydrogen (secondary N) is 2. The molecule has 0 saturated heterocycles. The van der Waals surface area contributed by atoms with Crippen molar-refractivity contribution in [1.82, 2.24) is 5.32 Å². The van der Waals surface area contributed by atoms with E-state index in [2.05, 4.69) is 10.6 Å². The van der Waals surface area contributed by atoms with Crippen LogP contribution in [0.2, 0.25) is 0 Å². The van der Waals surface area contributed by atoms with Gasteiger partial charge in [-0.2, -0.15) is 0 Å². The lowest BCUT2D eigenvalue weighted by Crippen LogP contribution is -2.47. The highest BCUT2D eigenvalue weighted by Gasteiger charge is 2.31. The molecule has 1 atom stereocenters. The van der Waals surface area contributed by atoms with Crippen LogP contribution in [0, 0.1) is 5.92 Å². The average molecular weight is 318 g/mol. The van der Waals surface area contributed by atoms with Crippen LogP contribution in [0.5, 0.6) is 11.5 Å². The van der Waals surface area contributed by atoms with Crippen LogP contribution in [0.15, 0.2) is 18.2 Å². The summed E-state index contributed by atoms with van der Waals surface area (Å²) in [6.07, 6.45) is 4.16. The highest BCUT2D eigenvalue weighted by Crippen LogP contribution is 2.33. The lowest BCUT2D eigenvalue weighted by atomic mass is 9.97. The summed E-state index contributed by atoms with van der Waals surface area (Å²) in [5.41, 5.74) is 0.646. The van der Waals surface area contributed by atoms with Gasteiger partial charge in [0.25, 0.3) is 0 Å². The van der Waals surface area contributed by atoms with E-state index in [0.717, 1.165) is 25.7 Å². The summed E-state index contributed by atoms with van der Waals surface area (Å²) in [4.78, 5) is 24.0. The predicted molar refractivity (Wildman–Crippen MR) is 85.6 cm³/mol. The molecule has 1 saturated carbocycles. The Bertz CT molecular complexity index is 596. The third-order valence-electron chi connectivity index (χ3n) is 4.32. The molecule has 1 unspecified atom stereocenters. The van der Waals surface area contributed by atoms with Crippen LogP contribution in [0.3, 0.4) is 0 Å². The zero-order chi connectivity index (χ0) is 16.2. The Kier molecular flexibility index (Phi) is 4.69. The summed E-state index contributed by atoms with van der Waals surface area (Å²) in [6, 6.07) is 4.84. The second-order valence-electron chi connectivity index (χ2n) is 6.07. The molecule has 2 aliphatic rings. The van der Waals surface area contributed by atoms with Gasteiger partial charge in [-0.1, -0.05) is 12.8 Å². The molecular weight excluding hydrogens is 296 g/mol. The number of benzene rings is 1. The summed E-state index contributed by atoms with van der Waals surface area (Å²) in [7, 11) is 0. The van der Waals surface area contributed by atoms with Crippen molar-refractivity contribution in [3.05, 3.63) is 18.2 Å². The van der Waals surface area contributed by atoms with E-state index in [0.29, 0.717) is 30.4 Å². The molecule has 0 radical (unpaired) electrons. The summed E-state index contributed by atoms with van der Waals surface area (Å²) >= 11 is 0. The van der Waals surface area contributed by atoms with Crippen LogP contribution in [-0.2, 0) is 9.59 Å². The molecule has 1 aliphatic heterocycles. The lowest BCUT2D eigenvalue weighted by molar-refractivity contribution is -0.126. The van der Waals surface area contributed by atoms with Gasteiger partial charge in [-0.25, -0.2) is 0 Å². The first-order chi connectivity index (χ1) is 11.1. The minimum atomic E-state index is -0.483. The van der Waals surface area contributed by atoms with Crippen molar-refractivity contribution >= 4 is 17.5 Å². The highest BCUT2D eigenvalue weighted by atomic mass is 16.6. The third-order valence-corrected chi connectivity index (χ3v) is 4.32. The van der Waals surface area contributed by atoms with Crippen molar-refractivity contribution in [2.45, 2.75) is 38.6 Å². The van der Waals surface area contributed by atoms with Gasteiger partial charge in [0.15, 0.2) is 11.5 Å². The Balaban J connectivity index is 1.71. The van der Waals surface area contributed by atoms with Gasteiger partial charge in [0.1, 0.15) is 19.3 Å². The number of fused-ring (bicyclic) bond motifs is 1. The Labute approximate surface area is 135 Å². The van der Waals surface area contributed by atoms with E-state index in [4.69, 9.17) is 9.47 Å². The van der Waals surface area contributed by atoms with E-state index in [1.54, 1.807) is 18.2 Å². The first-order valence-electron chi connectivity index (χ1n) is 8.11. The molecule has 2 N–H and O–H groups in total. The molecule has 3 rings (SSSR count). The Hall–Kier alpha value is -2.24. The van der Waals surface area contributed by atoms with Crippen LogP contribution in [0.25, 0.3) is 0 Å². The number of rotatable bonds is 4. The smallest absolute Gasteiger partial charge is 0.247 e. The zero-order valence-electron chi connectivity index (χ0n) is 13.3. The van der Waals surface area contributed by atoms with E-state index >= 15 is 0 Å². The van der Waals surface area contributed by atoms with Gasteiger partial charge in [-0.05, 0) is 30.9 Å². The minimum absolute atomic E-state index is 0.177. The van der Waals surface area contributed by atoms with Crippen molar-refractivity contribution in [3.63, 3.8) is 0 Å². The van der Waals surface area contributed by atoms with E-state index < -0.39 is 6.04 Å². The predicted octanol–water partition coefficient (Wildman–Crippen LogP) is 2.09. The quantitative estimate of drug-likeness (QED) is 0.891. The Morgan fingerprint density at radius 3 is 2.52 bits per heavy atom. The van der Waals surface area contributed by atoms with Gasteiger partial charge < -0.3 is 20.1 Å². The summed E-state index contributed by atoms with van der Waals surface area (Å²) in [5, 5.41) is 5.68. The molecule has 0 aromatic heterocycles. The number of hydrogen-bond donors (Lipinski definition) is 2. The maximum absolute atomic E-state index is 12.6. The van der Waals surface area contributed by atoms with E-state index in [1.807, 2.05) is 0 Å². The number of amides is 2. The first-order valence-corrected chi connectivity index (χ1v) is 8.11. The van der Waals surface area contributed by atoms with Crippen LogP contribution >= 0.6 is 0 Å². The third kappa shape index (κ3) is 3.75. The van der Waals surface area contributed by atoms with Crippen molar-refractivity contribution in [3.8, 4) is 11.5 Å². The molecule has 124 valence electrons. The maximum atomic E-state index is 12.6. The molecule has 23 heavy (non-hydrogen) atoms. The second-order valence-corrected chi connectivity index (χ2v) is 6.07. The van der Waals surface area contributed by atoms with E-state index in [-0.39, 0.29) is 17.7 Å². The fourth-order valence-corrected chi connectivity index (χ4v) is 3.25. The standard InChI is InChI=1S/C17H22N2O4/c1-11(20)18-16(12-4-2-3-5-12)17(21)19-13-6-7-14-15(10-13)23-9-8-22-14/h6-7,10,12,16H,2-5,8-9H2,1H3,(H,18,20)(H,19,21). The number of ether oxygens (including phenoxy) is 2.